The Labute approximate surface area is 144 Å². The molecule has 4 heteroatoms. The molecule has 0 unspecified atom stereocenters. The topological polar surface area (TPSA) is 48.8 Å². The fourth-order valence-electron chi connectivity index (χ4n) is 1.94. The highest BCUT2D eigenvalue weighted by Crippen LogP contribution is 2.13. The Morgan fingerprint density at radius 2 is 2.17 bits per heavy atom. The third-order valence-electron chi connectivity index (χ3n) is 3.36. The first-order chi connectivity index (χ1) is 11.5. The SMILES string of the molecule is C=C(F)/C(=C\C=C/CC)CN/C(=C\C(=N)c1ccccn1)C(C)C. The van der Waals surface area contributed by atoms with Crippen molar-refractivity contribution >= 4 is 5.71 Å². The van der Waals surface area contributed by atoms with Crippen molar-refractivity contribution < 1.29 is 4.39 Å². The summed E-state index contributed by atoms with van der Waals surface area (Å²) in [4.78, 5) is 4.17. The van der Waals surface area contributed by atoms with Gasteiger partial charge in [-0.1, -0.05) is 51.6 Å². The second-order valence-corrected chi connectivity index (χ2v) is 5.67. The third-order valence-corrected chi connectivity index (χ3v) is 3.36. The first-order valence-electron chi connectivity index (χ1n) is 8.11. The molecule has 3 nitrogen and oxygen atoms in total. The van der Waals surface area contributed by atoms with Crippen LogP contribution in [0.4, 0.5) is 4.39 Å². The molecule has 0 amide bonds. The summed E-state index contributed by atoms with van der Waals surface area (Å²) in [6.07, 6.45) is 9.81. The van der Waals surface area contributed by atoms with Crippen LogP contribution in [-0.2, 0) is 0 Å². The monoisotopic (exact) mass is 327 g/mol. The summed E-state index contributed by atoms with van der Waals surface area (Å²) in [6.45, 7) is 9.78. The van der Waals surface area contributed by atoms with Gasteiger partial charge >= 0.3 is 0 Å². The van der Waals surface area contributed by atoms with Gasteiger partial charge in [0.05, 0.1) is 11.4 Å². The van der Waals surface area contributed by atoms with Gasteiger partial charge in [0.1, 0.15) is 5.83 Å². The highest BCUT2D eigenvalue weighted by Gasteiger charge is 2.08. The van der Waals surface area contributed by atoms with Crippen LogP contribution in [0.2, 0.25) is 0 Å². The van der Waals surface area contributed by atoms with Crippen LogP contribution < -0.4 is 5.32 Å². The molecule has 0 spiro atoms. The molecule has 0 atom stereocenters. The molecule has 0 aliphatic carbocycles. The summed E-state index contributed by atoms with van der Waals surface area (Å²) in [7, 11) is 0. The van der Waals surface area contributed by atoms with Gasteiger partial charge in [0.2, 0.25) is 0 Å². The first-order valence-corrected chi connectivity index (χ1v) is 8.11. The van der Waals surface area contributed by atoms with Crippen molar-refractivity contribution in [1.29, 1.82) is 5.41 Å². The van der Waals surface area contributed by atoms with Crippen LogP contribution in [0, 0.1) is 11.3 Å². The highest BCUT2D eigenvalue weighted by atomic mass is 19.1. The van der Waals surface area contributed by atoms with Crippen molar-refractivity contribution in [2.24, 2.45) is 5.92 Å². The smallest absolute Gasteiger partial charge is 0.121 e. The lowest BCUT2D eigenvalue weighted by Gasteiger charge is -2.16. The minimum Gasteiger partial charge on any atom is -0.384 e. The van der Waals surface area contributed by atoms with E-state index in [1.165, 1.54) is 0 Å². The second kappa shape index (κ2) is 10.3. The number of pyridine rings is 1. The molecule has 0 bridgehead atoms. The van der Waals surface area contributed by atoms with Gasteiger partial charge in [0.15, 0.2) is 0 Å². The zero-order valence-electron chi connectivity index (χ0n) is 14.6. The van der Waals surface area contributed by atoms with Gasteiger partial charge < -0.3 is 5.32 Å². The van der Waals surface area contributed by atoms with Crippen LogP contribution in [0.3, 0.4) is 0 Å². The summed E-state index contributed by atoms with van der Waals surface area (Å²) in [5.74, 6) is -0.277. The van der Waals surface area contributed by atoms with Gasteiger partial charge in [-0.05, 0) is 30.5 Å². The Bertz CT molecular complexity index is 640. The zero-order valence-corrected chi connectivity index (χ0v) is 14.6. The maximum absolute atomic E-state index is 13.6. The zero-order chi connectivity index (χ0) is 17.9. The predicted octanol–water partition coefficient (Wildman–Crippen LogP) is 4.95. The number of hydrogen-bond acceptors (Lipinski definition) is 3. The van der Waals surface area contributed by atoms with E-state index in [2.05, 4.69) is 16.9 Å². The maximum Gasteiger partial charge on any atom is 0.121 e. The maximum atomic E-state index is 13.6. The van der Waals surface area contributed by atoms with Crippen molar-refractivity contribution in [1.82, 2.24) is 10.3 Å². The van der Waals surface area contributed by atoms with E-state index >= 15 is 0 Å². The van der Waals surface area contributed by atoms with Crippen molar-refractivity contribution in [3.05, 3.63) is 78.1 Å². The van der Waals surface area contributed by atoms with Crippen LogP contribution in [0.25, 0.3) is 0 Å². The molecule has 128 valence electrons. The molecular formula is C20H26FN3. The number of halogens is 1. The lowest BCUT2D eigenvalue weighted by atomic mass is 10.1. The van der Waals surface area contributed by atoms with Gasteiger partial charge in [-0.15, -0.1) is 0 Å². The second-order valence-electron chi connectivity index (χ2n) is 5.67. The summed E-state index contributed by atoms with van der Waals surface area (Å²) in [6, 6.07) is 5.46. The van der Waals surface area contributed by atoms with Crippen LogP contribution in [-0.4, -0.2) is 17.2 Å². The first kappa shape index (κ1) is 19.6. The Hall–Kier alpha value is -2.49. The van der Waals surface area contributed by atoms with E-state index in [9.17, 15) is 4.39 Å². The Morgan fingerprint density at radius 1 is 1.42 bits per heavy atom. The fourth-order valence-corrected chi connectivity index (χ4v) is 1.94. The summed E-state index contributed by atoms with van der Waals surface area (Å²) >= 11 is 0. The number of rotatable bonds is 9. The lowest BCUT2D eigenvalue weighted by molar-refractivity contribution is 0.626. The van der Waals surface area contributed by atoms with Crippen LogP contribution in [0.1, 0.15) is 32.9 Å². The Balaban J connectivity index is 2.87. The molecular weight excluding hydrogens is 301 g/mol. The number of aromatic nitrogens is 1. The summed E-state index contributed by atoms with van der Waals surface area (Å²) < 4.78 is 13.6. The minimum atomic E-state index is -0.453. The van der Waals surface area contributed by atoms with E-state index in [-0.39, 0.29) is 5.92 Å². The molecule has 0 saturated heterocycles. The van der Waals surface area contributed by atoms with Gasteiger partial charge in [-0.3, -0.25) is 10.4 Å². The quantitative estimate of drug-likeness (QED) is 0.498. The lowest BCUT2D eigenvalue weighted by Crippen LogP contribution is -2.21. The van der Waals surface area contributed by atoms with E-state index < -0.39 is 5.83 Å². The normalized spacial score (nSPS) is 12.7. The van der Waals surface area contributed by atoms with Gasteiger partial charge in [-0.25, -0.2) is 4.39 Å². The van der Waals surface area contributed by atoms with E-state index in [0.29, 0.717) is 23.5 Å². The Morgan fingerprint density at radius 3 is 2.71 bits per heavy atom. The van der Waals surface area contributed by atoms with Gasteiger partial charge in [0.25, 0.3) is 0 Å². The third kappa shape index (κ3) is 6.73. The van der Waals surface area contributed by atoms with Crippen LogP contribution in [0.15, 0.2) is 72.4 Å². The molecule has 1 heterocycles. The standard InChI is InChI=1S/C20H26FN3/c1-5-6-7-10-17(16(4)21)14-24-20(15(2)3)13-18(22)19-11-8-9-12-23-19/h6-13,15,22,24H,4-5,14H2,1-3H3/b7-6-,17-10-,20-13-,22-18?. The number of nitrogens with one attached hydrogen (secondary N) is 2. The Kier molecular flexibility index (Phi) is 8.41. The van der Waals surface area contributed by atoms with Crippen LogP contribution >= 0.6 is 0 Å². The molecule has 24 heavy (non-hydrogen) atoms. The molecule has 1 aromatic heterocycles. The van der Waals surface area contributed by atoms with Crippen molar-refractivity contribution in [2.75, 3.05) is 6.54 Å². The van der Waals surface area contributed by atoms with E-state index in [4.69, 9.17) is 5.41 Å². The average Bonchev–Trinajstić information content (AvgIpc) is 2.56. The average molecular weight is 327 g/mol. The van der Waals surface area contributed by atoms with E-state index in [1.54, 1.807) is 24.4 Å². The van der Waals surface area contributed by atoms with Crippen molar-refractivity contribution in [2.45, 2.75) is 27.2 Å². The molecule has 1 rings (SSSR count). The fraction of sp³-hybridized carbons (Fsp3) is 0.300. The molecule has 0 aliphatic rings. The number of allylic oxidation sites excluding steroid dienone is 5. The predicted molar refractivity (Wildman–Crippen MR) is 99.8 cm³/mol. The molecule has 2 N–H and O–H groups in total. The van der Waals surface area contributed by atoms with E-state index in [0.717, 1.165) is 12.1 Å². The minimum absolute atomic E-state index is 0.175. The molecule has 0 radical (unpaired) electrons. The van der Waals surface area contributed by atoms with E-state index in [1.807, 2.05) is 45.1 Å². The molecule has 1 aromatic rings. The van der Waals surface area contributed by atoms with Crippen molar-refractivity contribution in [3.63, 3.8) is 0 Å². The molecule has 0 fully saturated rings. The molecule has 0 aliphatic heterocycles. The van der Waals surface area contributed by atoms with Gasteiger partial charge in [0, 0.05) is 24.0 Å². The van der Waals surface area contributed by atoms with Gasteiger partial charge in [-0.2, -0.15) is 0 Å². The molecule has 0 saturated carbocycles. The molecule has 0 aromatic carbocycles. The number of nitrogens with zero attached hydrogens (tertiary/aromatic N) is 1. The van der Waals surface area contributed by atoms with Crippen LogP contribution in [0.5, 0.6) is 0 Å². The summed E-state index contributed by atoms with van der Waals surface area (Å²) in [5, 5.41) is 11.4. The van der Waals surface area contributed by atoms with Crippen molar-refractivity contribution in [3.8, 4) is 0 Å². The summed E-state index contributed by atoms with van der Waals surface area (Å²) in [5.41, 5.74) is 2.28. The largest absolute Gasteiger partial charge is 0.384 e. The highest BCUT2D eigenvalue weighted by molar-refractivity contribution is 6.05. The number of hydrogen-bond donors (Lipinski definition) is 2.